The van der Waals surface area contributed by atoms with Crippen molar-refractivity contribution in [2.75, 3.05) is 6.61 Å². The summed E-state index contributed by atoms with van der Waals surface area (Å²) in [4.78, 5) is 11.0. The van der Waals surface area contributed by atoms with Crippen molar-refractivity contribution in [3.63, 3.8) is 0 Å². The maximum atomic E-state index is 13.0. The average molecular weight is 252 g/mol. The van der Waals surface area contributed by atoms with Crippen LogP contribution < -0.4 is 0 Å². The molecular weight excluding hydrogens is 235 g/mol. The van der Waals surface area contributed by atoms with E-state index in [0.29, 0.717) is 18.1 Å². The quantitative estimate of drug-likeness (QED) is 0.875. The van der Waals surface area contributed by atoms with Gasteiger partial charge >= 0.3 is 5.97 Å². The molecule has 0 atom stereocenters. The molecule has 0 amide bonds. The Bertz CT molecular complexity index is 425. The third-order valence-corrected chi connectivity index (χ3v) is 3.39. The molecule has 1 aliphatic rings. The molecule has 4 heteroatoms. The Kier molecular flexibility index (Phi) is 4.31. The van der Waals surface area contributed by atoms with Crippen molar-refractivity contribution in [2.24, 2.45) is 5.92 Å². The van der Waals surface area contributed by atoms with E-state index in [1.165, 1.54) is 37.8 Å². The van der Waals surface area contributed by atoms with Crippen LogP contribution in [0.3, 0.4) is 0 Å². The van der Waals surface area contributed by atoms with Crippen molar-refractivity contribution in [2.45, 2.75) is 32.3 Å². The molecule has 0 aromatic heterocycles. The van der Waals surface area contributed by atoms with Gasteiger partial charge in [-0.2, -0.15) is 0 Å². The lowest BCUT2D eigenvalue weighted by Crippen LogP contribution is -2.09. The predicted molar refractivity (Wildman–Crippen MR) is 65.0 cm³/mol. The summed E-state index contributed by atoms with van der Waals surface area (Å²) in [6.45, 7) is 0.898. The van der Waals surface area contributed by atoms with Crippen LogP contribution in [0.2, 0.25) is 0 Å². The number of rotatable bonds is 5. The second-order valence-corrected chi connectivity index (χ2v) is 4.77. The first-order valence-electron chi connectivity index (χ1n) is 6.26. The summed E-state index contributed by atoms with van der Waals surface area (Å²) in [6.07, 6.45) is 4.89. The largest absolute Gasteiger partial charge is 0.478 e. The minimum absolute atomic E-state index is 0.0126. The van der Waals surface area contributed by atoms with Gasteiger partial charge in [0.1, 0.15) is 5.82 Å². The van der Waals surface area contributed by atoms with Crippen LogP contribution in [0.1, 0.15) is 41.6 Å². The van der Waals surface area contributed by atoms with Gasteiger partial charge in [-0.3, -0.25) is 0 Å². The molecule has 1 aromatic rings. The summed E-state index contributed by atoms with van der Waals surface area (Å²) in [6, 6.07) is 3.78. The number of hydrogen-bond acceptors (Lipinski definition) is 2. The van der Waals surface area contributed by atoms with Gasteiger partial charge in [0, 0.05) is 6.61 Å². The zero-order valence-corrected chi connectivity index (χ0v) is 10.2. The molecule has 0 heterocycles. The Morgan fingerprint density at radius 3 is 2.78 bits per heavy atom. The smallest absolute Gasteiger partial charge is 0.336 e. The number of benzene rings is 1. The molecule has 2 rings (SSSR count). The van der Waals surface area contributed by atoms with E-state index < -0.39 is 11.8 Å². The minimum atomic E-state index is -1.12. The van der Waals surface area contributed by atoms with Crippen LogP contribution >= 0.6 is 0 Å². The molecule has 0 radical (unpaired) electrons. The van der Waals surface area contributed by atoms with Crippen LogP contribution in [-0.2, 0) is 11.3 Å². The van der Waals surface area contributed by atoms with Crippen LogP contribution in [0.4, 0.5) is 4.39 Å². The number of carbonyl (C=O) groups is 1. The van der Waals surface area contributed by atoms with E-state index in [9.17, 15) is 9.18 Å². The van der Waals surface area contributed by atoms with Gasteiger partial charge in [-0.05, 0) is 36.5 Å². The summed E-state index contributed by atoms with van der Waals surface area (Å²) < 4.78 is 18.5. The number of carboxylic acids is 1. The van der Waals surface area contributed by atoms with Crippen LogP contribution in [0, 0.1) is 11.7 Å². The molecule has 0 aliphatic heterocycles. The predicted octanol–water partition coefficient (Wildman–Crippen LogP) is 3.23. The standard InChI is InChI=1S/C14H17FO3/c15-12-6-5-11(13(7-12)14(16)17)9-18-8-10-3-1-2-4-10/h5-7,10H,1-4,8-9H2,(H,16,17). The highest BCUT2D eigenvalue weighted by Crippen LogP contribution is 2.25. The van der Waals surface area contributed by atoms with Gasteiger partial charge in [0.2, 0.25) is 0 Å². The maximum Gasteiger partial charge on any atom is 0.336 e. The van der Waals surface area contributed by atoms with Crippen LogP contribution in [0.15, 0.2) is 18.2 Å². The first-order chi connectivity index (χ1) is 8.66. The fourth-order valence-electron chi connectivity index (χ4n) is 2.39. The van der Waals surface area contributed by atoms with Gasteiger partial charge in [0.15, 0.2) is 0 Å². The van der Waals surface area contributed by atoms with Crippen molar-refractivity contribution in [3.05, 3.63) is 35.1 Å². The molecular formula is C14H17FO3. The molecule has 0 bridgehead atoms. The van der Waals surface area contributed by atoms with Crippen molar-refractivity contribution >= 4 is 5.97 Å². The highest BCUT2D eigenvalue weighted by atomic mass is 19.1. The SMILES string of the molecule is O=C(O)c1cc(F)ccc1COCC1CCCC1. The second-order valence-electron chi connectivity index (χ2n) is 4.77. The van der Waals surface area contributed by atoms with E-state index in [1.54, 1.807) is 0 Å². The van der Waals surface area contributed by atoms with Crippen molar-refractivity contribution in [1.29, 1.82) is 0 Å². The molecule has 1 N–H and O–H groups in total. The van der Waals surface area contributed by atoms with Crippen molar-refractivity contribution in [3.8, 4) is 0 Å². The molecule has 1 aliphatic carbocycles. The van der Waals surface area contributed by atoms with Crippen LogP contribution in [-0.4, -0.2) is 17.7 Å². The Labute approximate surface area is 106 Å². The number of aromatic carboxylic acids is 1. The summed E-state index contributed by atoms with van der Waals surface area (Å²) >= 11 is 0. The van der Waals surface area contributed by atoms with Crippen LogP contribution in [0.5, 0.6) is 0 Å². The Morgan fingerprint density at radius 2 is 2.11 bits per heavy atom. The van der Waals surface area contributed by atoms with E-state index in [-0.39, 0.29) is 12.2 Å². The van der Waals surface area contributed by atoms with Crippen molar-refractivity contribution < 1.29 is 19.0 Å². The number of halogens is 1. The molecule has 3 nitrogen and oxygen atoms in total. The van der Waals surface area contributed by atoms with Gasteiger partial charge in [0.05, 0.1) is 12.2 Å². The molecule has 0 saturated heterocycles. The number of hydrogen-bond donors (Lipinski definition) is 1. The summed E-state index contributed by atoms with van der Waals surface area (Å²) in [7, 11) is 0. The lowest BCUT2D eigenvalue weighted by Gasteiger charge is -2.11. The lowest BCUT2D eigenvalue weighted by atomic mass is 10.1. The fourth-order valence-corrected chi connectivity index (χ4v) is 2.39. The Hall–Kier alpha value is -1.42. The fraction of sp³-hybridized carbons (Fsp3) is 0.500. The highest BCUT2D eigenvalue weighted by molar-refractivity contribution is 5.89. The van der Waals surface area contributed by atoms with E-state index in [2.05, 4.69) is 0 Å². The van der Waals surface area contributed by atoms with Gasteiger partial charge in [-0.1, -0.05) is 18.9 Å². The van der Waals surface area contributed by atoms with Gasteiger partial charge in [-0.15, -0.1) is 0 Å². The first kappa shape index (κ1) is 13.0. The highest BCUT2D eigenvalue weighted by Gasteiger charge is 2.16. The van der Waals surface area contributed by atoms with E-state index >= 15 is 0 Å². The minimum Gasteiger partial charge on any atom is -0.478 e. The van der Waals surface area contributed by atoms with E-state index in [4.69, 9.17) is 9.84 Å². The molecule has 98 valence electrons. The molecule has 1 aromatic carbocycles. The summed E-state index contributed by atoms with van der Waals surface area (Å²) in [5, 5.41) is 8.98. The molecule has 18 heavy (non-hydrogen) atoms. The Balaban J connectivity index is 1.93. The number of carboxylic acid groups (broad SMARTS) is 1. The van der Waals surface area contributed by atoms with Gasteiger partial charge in [-0.25, -0.2) is 9.18 Å². The molecule has 1 saturated carbocycles. The molecule has 1 fully saturated rings. The van der Waals surface area contributed by atoms with Gasteiger partial charge < -0.3 is 9.84 Å². The number of ether oxygens (including phenoxy) is 1. The Morgan fingerprint density at radius 1 is 1.39 bits per heavy atom. The van der Waals surface area contributed by atoms with E-state index in [0.717, 1.165) is 6.07 Å². The zero-order chi connectivity index (χ0) is 13.0. The maximum absolute atomic E-state index is 13.0. The lowest BCUT2D eigenvalue weighted by molar-refractivity contribution is 0.0676. The third-order valence-electron chi connectivity index (χ3n) is 3.39. The van der Waals surface area contributed by atoms with Crippen LogP contribution in [0.25, 0.3) is 0 Å². The van der Waals surface area contributed by atoms with E-state index in [1.807, 2.05) is 0 Å². The normalized spacial score (nSPS) is 16.1. The molecule has 0 unspecified atom stereocenters. The zero-order valence-electron chi connectivity index (χ0n) is 10.2. The average Bonchev–Trinajstić information content (AvgIpc) is 2.84. The summed E-state index contributed by atoms with van der Waals surface area (Å²) in [5.74, 6) is -1.06. The molecule has 0 spiro atoms. The van der Waals surface area contributed by atoms with Crippen molar-refractivity contribution in [1.82, 2.24) is 0 Å². The van der Waals surface area contributed by atoms with Gasteiger partial charge in [0.25, 0.3) is 0 Å². The topological polar surface area (TPSA) is 46.5 Å². The monoisotopic (exact) mass is 252 g/mol. The summed E-state index contributed by atoms with van der Waals surface area (Å²) in [5.41, 5.74) is 0.517. The second kappa shape index (κ2) is 5.96. The first-order valence-corrected chi connectivity index (χ1v) is 6.26. The third kappa shape index (κ3) is 3.29.